The molecule has 0 aliphatic heterocycles. The lowest BCUT2D eigenvalue weighted by molar-refractivity contribution is 0.660. The molecule has 1 aliphatic carbocycles. The molecule has 0 unspecified atom stereocenters. The maximum absolute atomic E-state index is 2.77. The smallest absolute Gasteiger partial charge is 0.179 e. The summed E-state index contributed by atoms with van der Waals surface area (Å²) in [5, 5.41) is 7.99. The fourth-order valence-electron chi connectivity index (χ4n) is 9.37. The second-order valence-electron chi connectivity index (χ2n) is 15.7. The van der Waals surface area contributed by atoms with Crippen molar-refractivity contribution in [3.05, 3.63) is 236 Å². The van der Waals surface area contributed by atoms with Gasteiger partial charge >= 0.3 is 0 Å². The quantitative estimate of drug-likeness (QED) is 0.111. The minimum atomic E-state index is -2.77. The van der Waals surface area contributed by atoms with Gasteiger partial charge in [0.15, 0.2) is 8.07 Å². The first-order valence-corrected chi connectivity index (χ1v) is 21.9. The van der Waals surface area contributed by atoms with Crippen LogP contribution in [-0.4, -0.2) is 8.07 Å². The fourth-order valence-corrected chi connectivity index (χ4v) is 14.1. The van der Waals surface area contributed by atoms with E-state index in [1.54, 1.807) is 0 Å². The highest BCUT2D eigenvalue weighted by atomic mass is 28.3. The molecule has 0 aromatic heterocycles. The normalized spacial score (nSPS) is 12.9. The van der Waals surface area contributed by atoms with Crippen molar-refractivity contribution in [2.45, 2.75) is 19.3 Å². The highest BCUT2D eigenvalue weighted by Gasteiger charge is 2.42. The van der Waals surface area contributed by atoms with Crippen LogP contribution in [0.1, 0.15) is 25.0 Å². The summed E-state index contributed by atoms with van der Waals surface area (Å²) in [5.74, 6) is 0. The van der Waals surface area contributed by atoms with Gasteiger partial charge in [0.05, 0.1) is 0 Å². The average molecular weight is 746 g/mol. The third kappa shape index (κ3) is 5.84. The van der Waals surface area contributed by atoms with Gasteiger partial charge in [-0.1, -0.05) is 202 Å². The molecule has 9 aromatic carbocycles. The monoisotopic (exact) mass is 745 g/mol. The maximum atomic E-state index is 2.44. The van der Waals surface area contributed by atoms with E-state index in [1.165, 1.54) is 64.9 Å². The van der Waals surface area contributed by atoms with Crippen LogP contribution in [0.5, 0.6) is 0 Å². The van der Waals surface area contributed by atoms with Crippen LogP contribution in [0.3, 0.4) is 0 Å². The lowest BCUT2D eigenvalue weighted by Crippen LogP contribution is -2.74. The number of nitrogens with zero attached hydrogens (tertiary/aromatic N) is 1. The largest absolute Gasteiger partial charge is 0.310 e. The first-order chi connectivity index (χ1) is 28.0. The van der Waals surface area contributed by atoms with Crippen molar-refractivity contribution < 1.29 is 0 Å². The topological polar surface area (TPSA) is 3.24 Å². The molecule has 0 bridgehead atoms. The van der Waals surface area contributed by atoms with E-state index in [2.05, 4.69) is 243 Å². The van der Waals surface area contributed by atoms with Crippen LogP contribution in [0, 0.1) is 0 Å². The molecular formula is C55H43NSi. The van der Waals surface area contributed by atoms with Gasteiger partial charge in [-0.05, 0) is 101 Å². The van der Waals surface area contributed by atoms with Gasteiger partial charge in [0.1, 0.15) is 0 Å². The number of benzene rings is 9. The van der Waals surface area contributed by atoms with E-state index < -0.39 is 8.07 Å². The number of rotatable bonds is 8. The predicted octanol–water partition coefficient (Wildman–Crippen LogP) is 11.7. The molecule has 57 heavy (non-hydrogen) atoms. The molecule has 0 amide bonds. The van der Waals surface area contributed by atoms with E-state index in [1.807, 2.05) is 0 Å². The molecule has 1 aliphatic rings. The van der Waals surface area contributed by atoms with Gasteiger partial charge in [-0.2, -0.15) is 0 Å². The molecule has 0 saturated heterocycles. The van der Waals surface area contributed by atoms with Crippen LogP contribution in [0.25, 0.3) is 33.0 Å². The Morgan fingerprint density at radius 2 is 0.807 bits per heavy atom. The van der Waals surface area contributed by atoms with Gasteiger partial charge in [-0.25, -0.2) is 0 Å². The van der Waals surface area contributed by atoms with Gasteiger partial charge in [0, 0.05) is 22.5 Å². The van der Waals surface area contributed by atoms with Crippen LogP contribution in [-0.2, 0) is 5.41 Å². The van der Waals surface area contributed by atoms with E-state index in [0.717, 1.165) is 17.1 Å². The molecule has 0 heterocycles. The molecule has 272 valence electrons. The van der Waals surface area contributed by atoms with E-state index >= 15 is 0 Å². The van der Waals surface area contributed by atoms with Crippen LogP contribution in [0.15, 0.2) is 224 Å². The van der Waals surface area contributed by atoms with E-state index in [4.69, 9.17) is 0 Å². The highest BCUT2D eigenvalue weighted by molar-refractivity contribution is 7.20. The molecule has 2 heteroatoms. The Hall–Kier alpha value is -6.74. The molecular weight excluding hydrogens is 703 g/mol. The zero-order chi connectivity index (χ0) is 38.4. The Balaban J connectivity index is 1.16. The van der Waals surface area contributed by atoms with Crippen LogP contribution in [0.2, 0.25) is 0 Å². The Morgan fingerprint density at radius 1 is 0.333 bits per heavy atom. The number of fused-ring (bicyclic) bond motifs is 4. The predicted molar refractivity (Wildman–Crippen MR) is 245 cm³/mol. The first-order valence-electron chi connectivity index (χ1n) is 19.9. The Bertz CT molecular complexity index is 2800. The van der Waals surface area contributed by atoms with Crippen molar-refractivity contribution in [3.63, 3.8) is 0 Å². The minimum Gasteiger partial charge on any atom is -0.310 e. The zero-order valence-electron chi connectivity index (χ0n) is 32.3. The van der Waals surface area contributed by atoms with Crippen molar-refractivity contribution in [2.24, 2.45) is 0 Å². The summed E-state index contributed by atoms with van der Waals surface area (Å²) in [6.07, 6.45) is 0. The fraction of sp³-hybridized carbons (Fsp3) is 0.0545. The number of anilines is 3. The molecule has 0 spiro atoms. The average Bonchev–Trinajstić information content (AvgIpc) is 3.51. The molecule has 0 radical (unpaired) electrons. The van der Waals surface area contributed by atoms with Crippen molar-refractivity contribution in [1.82, 2.24) is 0 Å². The Labute approximate surface area is 337 Å². The molecule has 0 atom stereocenters. The van der Waals surface area contributed by atoms with E-state index in [9.17, 15) is 0 Å². The second-order valence-corrected chi connectivity index (χ2v) is 19.5. The summed E-state index contributed by atoms with van der Waals surface area (Å²) in [6.45, 7) is 4.72. The Kier molecular flexibility index (Phi) is 8.58. The summed E-state index contributed by atoms with van der Waals surface area (Å²) in [5.41, 5.74) is 11.1. The van der Waals surface area contributed by atoms with Gasteiger partial charge in [0.25, 0.3) is 0 Å². The van der Waals surface area contributed by atoms with Crippen LogP contribution < -0.4 is 25.6 Å². The number of hydrogen-bond donors (Lipinski definition) is 0. The van der Waals surface area contributed by atoms with E-state index in [0.29, 0.717) is 0 Å². The van der Waals surface area contributed by atoms with Gasteiger partial charge in [0.2, 0.25) is 0 Å². The third-order valence-electron chi connectivity index (χ3n) is 12.2. The van der Waals surface area contributed by atoms with Crippen LogP contribution >= 0.6 is 0 Å². The maximum Gasteiger partial charge on any atom is 0.179 e. The standard InChI is InChI=1S/C55H43NSi/c1-55(2)53-25-15-14-24-51(53)52-37-33-46(39-54(52)55)56(44-29-26-42(27-30-44)40-16-6-3-7-17-40)45-31-35-49(36-32-45)57(47-20-8-4-9-21-47,48-22-10-5-11-23-48)50-34-28-41-18-12-13-19-43(41)38-50/h3-39H,1-2H3. The van der Waals surface area contributed by atoms with Gasteiger partial charge < -0.3 is 4.90 Å². The summed E-state index contributed by atoms with van der Waals surface area (Å²) < 4.78 is 0. The lowest BCUT2D eigenvalue weighted by atomic mass is 9.82. The van der Waals surface area contributed by atoms with Gasteiger partial charge in [-0.3, -0.25) is 0 Å². The molecule has 10 rings (SSSR count). The van der Waals surface area contributed by atoms with Crippen molar-refractivity contribution >= 4 is 56.7 Å². The molecule has 1 nitrogen and oxygen atoms in total. The summed E-state index contributed by atoms with van der Waals surface area (Å²) >= 11 is 0. The van der Waals surface area contributed by atoms with Crippen molar-refractivity contribution in [1.29, 1.82) is 0 Å². The zero-order valence-corrected chi connectivity index (χ0v) is 33.3. The summed E-state index contributed by atoms with van der Waals surface area (Å²) in [4.78, 5) is 2.43. The van der Waals surface area contributed by atoms with E-state index in [-0.39, 0.29) is 5.41 Å². The highest BCUT2D eigenvalue weighted by Crippen LogP contribution is 2.50. The molecule has 9 aromatic rings. The minimum absolute atomic E-state index is 0.106. The molecule has 0 fully saturated rings. The molecule has 0 N–H and O–H groups in total. The number of hydrogen-bond acceptors (Lipinski definition) is 1. The summed E-state index contributed by atoms with van der Waals surface area (Å²) in [6, 6.07) is 83.4. The molecule has 0 saturated carbocycles. The van der Waals surface area contributed by atoms with Crippen molar-refractivity contribution in [2.75, 3.05) is 4.90 Å². The van der Waals surface area contributed by atoms with Crippen LogP contribution in [0.4, 0.5) is 17.1 Å². The SMILES string of the molecule is CC1(C)c2ccccc2-c2ccc(N(c3ccc(-c4ccccc4)cc3)c3ccc([Si](c4ccccc4)(c4ccccc4)c4ccc5ccccc5c4)cc3)cc21. The Morgan fingerprint density at radius 3 is 1.47 bits per heavy atom. The first kappa shape index (κ1) is 34.7. The summed E-state index contributed by atoms with van der Waals surface area (Å²) in [7, 11) is -2.77. The van der Waals surface area contributed by atoms with Crippen molar-refractivity contribution in [3.8, 4) is 22.3 Å². The lowest BCUT2D eigenvalue weighted by Gasteiger charge is -2.35. The second kappa shape index (κ2) is 14.1. The third-order valence-corrected chi connectivity index (χ3v) is 17.0. The van der Waals surface area contributed by atoms with Gasteiger partial charge in [-0.15, -0.1) is 0 Å².